The van der Waals surface area contributed by atoms with Crippen molar-refractivity contribution in [2.24, 2.45) is 0 Å². The summed E-state index contributed by atoms with van der Waals surface area (Å²) in [5.74, 6) is -0.842. The lowest BCUT2D eigenvalue weighted by molar-refractivity contribution is -0.141. The third-order valence-electron chi connectivity index (χ3n) is 3.75. The topological polar surface area (TPSA) is 137 Å². The average molecular weight is 350 g/mol. The highest BCUT2D eigenvalue weighted by molar-refractivity contribution is 7.80. The van der Waals surface area contributed by atoms with Crippen LogP contribution in [0.25, 0.3) is 0 Å². The Balaban J connectivity index is 2.06. The first-order valence-corrected chi connectivity index (χ1v) is 8.34. The zero-order chi connectivity index (χ0) is 17.4. The molecule has 2 N–H and O–H groups in total. The summed E-state index contributed by atoms with van der Waals surface area (Å²) in [6.45, 7) is 1.74. The lowest BCUT2D eigenvalue weighted by Crippen LogP contribution is -2.54. The van der Waals surface area contributed by atoms with E-state index >= 15 is 0 Å². The Labute approximate surface area is 133 Å². The van der Waals surface area contributed by atoms with Crippen LogP contribution in [0.2, 0.25) is 0 Å². The second-order valence-electron chi connectivity index (χ2n) is 5.29. The van der Waals surface area contributed by atoms with Crippen LogP contribution >= 0.6 is 0 Å². The largest absolute Gasteiger partial charge is 0.418 e. The molecule has 2 bridgehead atoms. The van der Waals surface area contributed by atoms with Crippen molar-refractivity contribution >= 4 is 28.2 Å². The van der Waals surface area contributed by atoms with Crippen LogP contribution in [0.5, 0.6) is 0 Å². The van der Waals surface area contributed by atoms with E-state index in [1.807, 2.05) is 0 Å². The smallest absolute Gasteiger partial charge is 0.309 e. The maximum atomic E-state index is 12.2. The summed E-state index contributed by atoms with van der Waals surface area (Å²) >= 11 is 0. The molecule has 2 aliphatic rings. The molecule has 2 fully saturated rings. The van der Waals surface area contributed by atoms with Gasteiger partial charge in [-0.25, -0.2) is 4.79 Å². The van der Waals surface area contributed by atoms with Crippen LogP contribution in [-0.2, 0) is 24.3 Å². The van der Waals surface area contributed by atoms with Gasteiger partial charge in [-0.3, -0.25) is 24.6 Å². The molecule has 0 aliphatic carbocycles. The molecular formula is C11H18N4O7S. The number of piperidine rings is 1. The Morgan fingerprint density at radius 3 is 2.65 bits per heavy atom. The summed E-state index contributed by atoms with van der Waals surface area (Å²) in [5, 5.41) is 1.60. The molecule has 2 saturated heterocycles. The van der Waals surface area contributed by atoms with Crippen molar-refractivity contribution in [3.63, 3.8) is 0 Å². The van der Waals surface area contributed by atoms with Crippen molar-refractivity contribution in [3.8, 4) is 0 Å². The third kappa shape index (κ3) is 3.71. The second kappa shape index (κ2) is 6.29. The predicted octanol–water partition coefficient (Wildman–Crippen LogP) is -1.11. The number of amides is 4. The van der Waals surface area contributed by atoms with Gasteiger partial charge in [0.1, 0.15) is 6.04 Å². The van der Waals surface area contributed by atoms with Crippen molar-refractivity contribution in [3.05, 3.63) is 0 Å². The maximum absolute atomic E-state index is 12.2. The van der Waals surface area contributed by atoms with E-state index in [0.717, 1.165) is 9.91 Å². The van der Waals surface area contributed by atoms with Gasteiger partial charge in [-0.1, -0.05) is 6.92 Å². The van der Waals surface area contributed by atoms with E-state index < -0.39 is 34.4 Å². The highest BCUT2D eigenvalue weighted by Crippen LogP contribution is 2.30. The molecule has 0 saturated carbocycles. The van der Waals surface area contributed by atoms with Crippen LogP contribution in [0.3, 0.4) is 0 Å². The van der Waals surface area contributed by atoms with E-state index in [0.29, 0.717) is 11.5 Å². The van der Waals surface area contributed by atoms with Gasteiger partial charge in [0.25, 0.3) is 5.91 Å². The minimum Gasteiger partial charge on any atom is -0.309 e. The average Bonchev–Trinajstić information content (AvgIpc) is 2.70. The number of urea groups is 1. The van der Waals surface area contributed by atoms with Gasteiger partial charge < -0.3 is 4.90 Å². The normalized spacial score (nSPS) is 23.9. The molecule has 23 heavy (non-hydrogen) atoms. The molecule has 12 heteroatoms. The number of carbonyl (C=O) groups is 3. The number of hydrogen-bond donors (Lipinski definition) is 2. The van der Waals surface area contributed by atoms with Crippen molar-refractivity contribution in [1.82, 2.24) is 20.4 Å². The summed E-state index contributed by atoms with van der Waals surface area (Å²) in [6.07, 6.45) is 0.811. The highest BCUT2D eigenvalue weighted by Gasteiger charge is 2.49. The van der Waals surface area contributed by atoms with Gasteiger partial charge in [-0.15, -0.1) is 4.28 Å². The van der Waals surface area contributed by atoms with Crippen molar-refractivity contribution in [2.75, 3.05) is 13.6 Å². The molecule has 0 spiro atoms. The Morgan fingerprint density at radius 1 is 1.43 bits per heavy atom. The molecule has 0 aromatic rings. The SMILES string of the molecule is CCC(=O)N(C)NC(=O)[C@@H]1CCC2CN1C(=O)N2OS(=O)(=O)O. The molecular weight excluding hydrogens is 332 g/mol. The van der Waals surface area contributed by atoms with Gasteiger partial charge in [-0.05, 0) is 12.8 Å². The van der Waals surface area contributed by atoms with E-state index in [1.54, 1.807) is 6.92 Å². The van der Waals surface area contributed by atoms with Gasteiger partial charge in [0, 0.05) is 20.0 Å². The first-order valence-electron chi connectivity index (χ1n) is 6.98. The van der Waals surface area contributed by atoms with Gasteiger partial charge in [0.15, 0.2) is 0 Å². The molecule has 2 heterocycles. The fourth-order valence-electron chi connectivity index (χ4n) is 2.64. The summed E-state index contributed by atoms with van der Waals surface area (Å²) < 4.78 is 34.6. The quantitative estimate of drug-likeness (QED) is 0.484. The zero-order valence-electron chi connectivity index (χ0n) is 12.6. The van der Waals surface area contributed by atoms with Crippen LogP contribution < -0.4 is 5.43 Å². The standard InChI is InChI=1S/C11H18N4O7S/c1-3-9(16)13(2)12-10(17)8-5-4-7-6-14(8)11(18)15(7)22-23(19,20)21/h7-8H,3-6H2,1-2H3,(H,12,17)(H,19,20,21)/t7?,8-/m0/s1. The number of carbonyl (C=O) groups excluding carboxylic acids is 3. The van der Waals surface area contributed by atoms with Gasteiger partial charge >= 0.3 is 16.4 Å². The predicted molar refractivity (Wildman–Crippen MR) is 74.6 cm³/mol. The number of nitrogens with zero attached hydrogens (tertiary/aromatic N) is 3. The van der Waals surface area contributed by atoms with Gasteiger partial charge in [-0.2, -0.15) is 13.5 Å². The van der Waals surface area contributed by atoms with E-state index in [-0.39, 0.29) is 25.3 Å². The number of hydrazine groups is 1. The summed E-state index contributed by atoms with van der Waals surface area (Å²) in [5.41, 5.74) is 2.39. The van der Waals surface area contributed by atoms with E-state index in [4.69, 9.17) is 4.55 Å². The number of hydroxylamine groups is 2. The number of hydrogen-bond acceptors (Lipinski definition) is 6. The fourth-order valence-corrected chi connectivity index (χ4v) is 3.03. The summed E-state index contributed by atoms with van der Waals surface area (Å²) in [6, 6.07) is -2.24. The van der Waals surface area contributed by atoms with Crippen molar-refractivity contribution < 1.29 is 31.6 Å². The van der Waals surface area contributed by atoms with Crippen LogP contribution in [0.1, 0.15) is 26.2 Å². The molecule has 2 rings (SSSR count). The van der Waals surface area contributed by atoms with Gasteiger partial charge in [0.2, 0.25) is 5.91 Å². The number of nitrogens with one attached hydrogen (secondary N) is 1. The van der Waals surface area contributed by atoms with E-state index in [1.165, 1.54) is 7.05 Å². The first-order chi connectivity index (χ1) is 10.6. The van der Waals surface area contributed by atoms with Gasteiger partial charge in [0.05, 0.1) is 6.04 Å². The monoisotopic (exact) mass is 350 g/mol. The molecule has 130 valence electrons. The van der Waals surface area contributed by atoms with Crippen molar-refractivity contribution in [1.29, 1.82) is 0 Å². The molecule has 0 radical (unpaired) electrons. The molecule has 4 amide bonds. The highest BCUT2D eigenvalue weighted by atomic mass is 32.3. The minimum atomic E-state index is -4.83. The fraction of sp³-hybridized carbons (Fsp3) is 0.727. The number of fused-ring (bicyclic) bond motifs is 2. The first kappa shape index (κ1) is 17.4. The number of rotatable bonds is 4. The van der Waals surface area contributed by atoms with Crippen LogP contribution in [0.15, 0.2) is 0 Å². The Hall–Kier alpha value is -1.92. The summed E-state index contributed by atoms with van der Waals surface area (Å²) in [4.78, 5) is 37.0. The minimum absolute atomic E-state index is 0.0951. The molecule has 2 aliphatic heterocycles. The maximum Gasteiger partial charge on any atom is 0.418 e. The Morgan fingerprint density at radius 2 is 2.09 bits per heavy atom. The molecule has 11 nitrogen and oxygen atoms in total. The van der Waals surface area contributed by atoms with Crippen LogP contribution in [-0.4, -0.2) is 71.5 Å². The van der Waals surface area contributed by atoms with E-state index in [9.17, 15) is 22.8 Å². The lowest BCUT2D eigenvalue weighted by Gasteiger charge is -2.30. The second-order valence-corrected chi connectivity index (χ2v) is 6.30. The van der Waals surface area contributed by atoms with Crippen LogP contribution in [0.4, 0.5) is 4.79 Å². The summed E-state index contributed by atoms with van der Waals surface area (Å²) in [7, 11) is -3.43. The Bertz CT molecular complexity index is 622. The lowest BCUT2D eigenvalue weighted by atomic mass is 10.0. The molecule has 0 aromatic carbocycles. The van der Waals surface area contributed by atoms with Crippen LogP contribution in [0, 0.1) is 0 Å². The molecule has 2 atom stereocenters. The molecule has 0 aromatic heterocycles. The Kier molecular flexibility index (Phi) is 4.77. The third-order valence-corrected chi connectivity index (χ3v) is 4.10. The van der Waals surface area contributed by atoms with E-state index in [2.05, 4.69) is 9.71 Å². The zero-order valence-corrected chi connectivity index (χ0v) is 13.4. The van der Waals surface area contributed by atoms with Crippen molar-refractivity contribution in [2.45, 2.75) is 38.3 Å². The molecule has 1 unspecified atom stereocenters.